The highest BCUT2D eigenvalue weighted by Gasteiger charge is 2.09. The van der Waals surface area contributed by atoms with E-state index in [9.17, 15) is 9.59 Å². The van der Waals surface area contributed by atoms with Crippen LogP contribution in [0.25, 0.3) is 11.3 Å². The van der Waals surface area contributed by atoms with Crippen molar-refractivity contribution in [2.45, 2.75) is 6.92 Å². The summed E-state index contributed by atoms with van der Waals surface area (Å²) in [6.45, 7) is 2.47. The van der Waals surface area contributed by atoms with E-state index < -0.39 is 11.6 Å². The monoisotopic (exact) mass is 362 g/mol. The summed E-state index contributed by atoms with van der Waals surface area (Å²) in [5.41, 5.74) is 3.80. The number of ether oxygens (including phenoxy) is 1. The number of H-pyrrole nitrogens is 1. The molecular formula is C20H18N4O3. The number of carbonyl (C=O) groups is 1. The first kappa shape index (κ1) is 18.1. The van der Waals surface area contributed by atoms with E-state index in [-0.39, 0.29) is 5.69 Å². The van der Waals surface area contributed by atoms with E-state index in [0.717, 1.165) is 16.9 Å². The molecule has 0 bridgehead atoms. The van der Waals surface area contributed by atoms with E-state index in [1.165, 1.54) is 12.3 Å². The van der Waals surface area contributed by atoms with Gasteiger partial charge in [0.1, 0.15) is 11.4 Å². The zero-order chi connectivity index (χ0) is 19.1. The molecule has 1 heterocycles. The van der Waals surface area contributed by atoms with Crippen LogP contribution < -0.4 is 15.9 Å². The molecule has 136 valence electrons. The van der Waals surface area contributed by atoms with Crippen molar-refractivity contribution in [1.29, 1.82) is 0 Å². The van der Waals surface area contributed by atoms with Crippen LogP contribution in [0.5, 0.6) is 5.75 Å². The summed E-state index contributed by atoms with van der Waals surface area (Å²) < 4.78 is 5.42. The van der Waals surface area contributed by atoms with Gasteiger partial charge in [0.25, 0.3) is 5.91 Å². The smallest absolute Gasteiger partial charge is 0.346 e. The lowest BCUT2D eigenvalue weighted by Gasteiger charge is -2.04. The molecule has 3 rings (SSSR count). The van der Waals surface area contributed by atoms with Crippen molar-refractivity contribution < 1.29 is 9.53 Å². The van der Waals surface area contributed by atoms with Gasteiger partial charge in [0.2, 0.25) is 0 Å². The maximum atomic E-state index is 12.3. The fourth-order valence-electron chi connectivity index (χ4n) is 2.41. The Balaban J connectivity index is 1.74. The first-order chi connectivity index (χ1) is 13.2. The van der Waals surface area contributed by atoms with Gasteiger partial charge in [0.15, 0.2) is 0 Å². The molecule has 0 aliphatic carbocycles. The highest BCUT2D eigenvalue weighted by molar-refractivity contribution is 5.93. The molecule has 2 N–H and O–H groups in total. The highest BCUT2D eigenvalue weighted by atomic mass is 16.5. The van der Waals surface area contributed by atoms with Gasteiger partial charge in [-0.25, -0.2) is 10.2 Å². The van der Waals surface area contributed by atoms with Gasteiger partial charge in [0.05, 0.1) is 18.5 Å². The van der Waals surface area contributed by atoms with Crippen LogP contribution in [-0.4, -0.2) is 28.7 Å². The minimum Gasteiger partial charge on any atom is -0.494 e. The van der Waals surface area contributed by atoms with Crippen molar-refractivity contribution in [2.24, 2.45) is 5.10 Å². The van der Waals surface area contributed by atoms with Crippen LogP contribution in [0.2, 0.25) is 0 Å². The lowest BCUT2D eigenvalue weighted by molar-refractivity contribution is 0.0949. The van der Waals surface area contributed by atoms with Gasteiger partial charge < -0.3 is 9.72 Å². The minimum absolute atomic E-state index is 0.0778. The lowest BCUT2D eigenvalue weighted by Crippen LogP contribution is -2.24. The first-order valence-electron chi connectivity index (χ1n) is 8.39. The Morgan fingerprint density at radius 1 is 1.19 bits per heavy atom. The number of amides is 1. The maximum absolute atomic E-state index is 12.3. The molecule has 3 aromatic rings. The van der Waals surface area contributed by atoms with Gasteiger partial charge in [-0.2, -0.15) is 10.1 Å². The molecule has 27 heavy (non-hydrogen) atoms. The van der Waals surface area contributed by atoms with Crippen molar-refractivity contribution >= 4 is 12.1 Å². The summed E-state index contributed by atoms with van der Waals surface area (Å²) in [4.78, 5) is 30.4. The molecule has 0 fully saturated rings. The molecule has 0 unspecified atom stereocenters. The van der Waals surface area contributed by atoms with Crippen LogP contribution in [-0.2, 0) is 0 Å². The van der Waals surface area contributed by atoms with Crippen molar-refractivity contribution in [1.82, 2.24) is 15.4 Å². The normalized spacial score (nSPS) is 10.7. The number of aromatic amines is 1. The fourth-order valence-corrected chi connectivity index (χ4v) is 2.41. The number of nitrogens with one attached hydrogen (secondary N) is 2. The van der Waals surface area contributed by atoms with Crippen LogP contribution in [0.1, 0.15) is 23.0 Å². The molecule has 0 atom stereocenters. The zero-order valence-electron chi connectivity index (χ0n) is 14.7. The largest absolute Gasteiger partial charge is 0.494 e. The maximum Gasteiger partial charge on any atom is 0.346 e. The van der Waals surface area contributed by atoms with Gasteiger partial charge in [-0.15, -0.1) is 0 Å². The van der Waals surface area contributed by atoms with E-state index >= 15 is 0 Å². The number of hydrazone groups is 1. The number of rotatable bonds is 6. The first-order valence-corrected chi connectivity index (χ1v) is 8.39. The average molecular weight is 362 g/mol. The number of hydrogen-bond donors (Lipinski definition) is 2. The summed E-state index contributed by atoms with van der Waals surface area (Å²) in [6, 6.07) is 18.0. The molecule has 1 amide bonds. The summed E-state index contributed by atoms with van der Waals surface area (Å²) >= 11 is 0. The second-order valence-corrected chi connectivity index (χ2v) is 5.56. The molecule has 7 heteroatoms. The number of nitrogens with zero attached hydrogens (tertiary/aromatic N) is 2. The lowest BCUT2D eigenvalue weighted by atomic mass is 10.1. The van der Waals surface area contributed by atoms with E-state index in [2.05, 4.69) is 20.5 Å². The Hall–Kier alpha value is -3.74. The summed E-state index contributed by atoms with van der Waals surface area (Å²) in [7, 11) is 0. The third-order valence-corrected chi connectivity index (χ3v) is 3.61. The number of benzene rings is 2. The third-order valence-electron chi connectivity index (χ3n) is 3.61. The molecule has 1 aromatic heterocycles. The minimum atomic E-state index is -0.602. The third kappa shape index (κ3) is 4.88. The number of carbonyl (C=O) groups excluding carboxylic acids is 1. The molecule has 0 saturated heterocycles. The van der Waals surface area contributed by atoms with Crippen molar-refractivity contribution in [3.8, 4) is 17.0 Å². The van der Waals surface area contributed by atoms with Crippen LogP contribution in [0.3, 0.4) is 0 Å². The predicted molar refractivity (Wildman–Crippen MR) is 103 cm³/mol. The van der Waals surface area contributed by atoms with Gasteiger partial charge in [-0.1, -0.05) is 42.5 Å². The molecule has 2 aromatic carbocycles. The van der Waals surface area contributed by atoms with Crippen LogP contribution in [0.15, 0.2) is 70.6 Å². The Kier molecular flexibility index (Phi) is 5.73. The Morgan fingerprint density at radius 2 is 2.00 bits per heavy atom. The standard InChI is InChI=1S/C20H18N4O3/c1-2-27-16-10-6-7-14(11-16)13-21-24-19(25)18-12-17(22-20(26)23-18)15-8-4-3-5-9-15/h3-13H,2H2,1H3,(H,24,25)(H,22,23,26)/b21-13+. The second kappa shape index (κ2) is 8.57. The van der Waals surface area contributed by atoms with Crippen molar-refractivity contribution in [3.05, 3.63) is 82.4 Å². The quantitative estimate of drug-likeness (QED) is 0.520. The molecule has 0 saturated carbocycles. The molecule has 0 aliphatic rings. The van der Waals surface area contributed by atoms with Gasteiger partial charge in [0, 0.05) is 5.56 Å². The summed E-state index contributed by atoms with van der Waals surface area (Å²) in [6.07, 6.45) is 1.50. The van der Waals surface area contributed by atoms with Crippen LogP contribution in [0, 0.1) is 0 Å². The van der Waals surface area contributed by atoms with E-state index in [1.54, 1.807) is 6.07 Å². The molecular weight excluding hydrogens is 344 g/mol. The number of hydrogen-bond acceptors (Lipinski definition) is 5. The highest BCUT2D eigenvalue weighted by Crippen LogP contribution is 2.15. The predicted octanol–water partition coefficient (Wildman–Crippen LogP) is 2.60. The summed E-state index contributed by atoms with van der Waals surface area (Å²) in [5.74, 6) is 0.183. The van der Waals surface area contributed by atoms with Crippen molar-refractivity contribution in [3.63, 3.8) is 0 Å². The van der Waals surface area contributed by atoms with Gasteiger partial charge >= 0.3 is 5.69 Å². The Labute approximate surface area is 155 Å². The number of aromatic nitrogens is 2. The molecule has 0 aliphatic heterocycles. The molecule has 0 spiro atoms. The Bertz CT molecular complexity index is 1010. The SMILES string of the molecule is CCOc1cccc(/C=N/NC(=O)c2cc(-c3ccccc3)nc(=O)[nH]2)c1. The molecule has 7 nitrogen and oxygen atoms in total. The van der Waals surface area contributed by atoms with Crippen molar-refractivity contribution in [2.75, 3.05) is 6.61 Å². The second-order valence-electron chi connectivity index (χ2n) is 5.56. The molecule has 0 radical (unpaired) electrons. The topological polar surface area (TPSA) is 96.4 Å². The Morgan fingerprint density at radius 3 is 2.78 bits per heavy atom. The van der Waals surface area contributed by atoms with E-state index in [4.69, 9.17) is 4.74 Å². The van der Waals surface area contributed by atoms with Crippen LogP contribution in [0.4, 0.5) is 0 Å². The van der Waals surface area contributed by atoms with E-state index in [0.29, 0.717) is 12.3 Å². The average Bonchev–Trinajstić information content (AvgIpc) is 2.69. The van der Waals surface area contributed by atoms with Gasteiger partial charge in [-0.05, 0) is 30.7 Å². The fraction of sp³-hybridized carbons (Fsp3) is 0.100. The summed E-state index contributed by atoms with van der Waals surface area (Å²) in [5, 5.41) is 3.93. The van der Waals surface area contributed by atoms with E-state index in [1.807, 2.05) is 55.5 Å². The van der Waals surface area contributed by atoms with Crippen LogP contribution >= 0.6 is 0 Å². The zero-order valence-corrected chi connectivity index (χ0v) is 14.7. The van der Waals surface area contributed by atoms with Gasteiger partial charge in [-0.3, -0.25) is 4.79 Å².